The molecule has 142 valence electrons. The maximum absolute atomic E-state index is 14.7. The lowest BCUT2D eigenvalue weighted by atomic mass is 9.77. The molecule has 0 amide bonds. The number of hydrogen-bond donors (Lipinski definition) is 0. The first kappa shape index (κ1) is 19.4. The van der Waals surface area contributed by atoms with E-state index in [1.54, 1.807) is 6.07 Å². The Hall–Kier alpha value is -1.36. The lowest BCUT2D eigenvalue weighted by Gasteiger charge is -2.28. The number of nitrogens with zero attached hydrogens (tertiary/aromatic N) is 1. The van der Waals surface area contributed by atoms with E-state index >= 15 is 0 Å². The quantitative estimate of drug-likeness (QED) is 0.531. The van der Waals surface area contributed by atoms with Gasteiger partial charge < -0.3 is 0 Å². The highest BCUT2D eigenvalue weighted by atomic mass is 19.1. The van der Waals surface area contributed by atoms with Gasteiger partial charge in [-0.2, -0.15) is 5.26 Å². The molecule has 1 nitrogen and oxygen atoms in total. The summed E-state index contributed by atoms with van der Waals surface area (Å²) in [6.07, 6.45) is 14.2. The summed E-state index contributed by atoms with van der Waals surface area (Å²) in [4.78, 5) is 0. The van der Waals surface area contributed by atoms with Crippen molar-refractivity contribution in [3.63, 3.8) is 0 Å². The smallest absolute Gasteiger partial charge is 0.126 e. The number of benzene rings is 1. The molecule has 2 saturated carbocycles. The summed E-state index contributed by atoms with van der Waals surface area (Å²) in [6, 6.07) is 8.33. The fraction of sp³-hybridized carbons (Fsp3) is 0.708. The first-order valence-electron chi connectivity index (χ1n) is 10.9. The fourth-order valence-corrected chi connectivity index (χ4v) is 5.18. The molecule has 0 heterocycles. The number of rotatable bonds is 6. The van der Waals surface area contributed by atoms with Crippen molar-refractivity contribution in [3.05, 3.63) is 35.1 Å². The zero-order valence-electron chi connectivity index (χ0n) is 16.4. The van der Waals surface area contributed by atoms with E-state index in [0.717, 1.165) is 55.1 Å². The van der Waals surface area contributed by atoms with Crippen molar-refractivity contribution >= 4 is 0 Å². The van der Waals surface area contributed by atoms with Gasteiger partial charge in [0.25, 0.3) is 0 Å². The van der Waals surface area contributed by atoms with Gasteiger partial charge in [-0.05, 0) is 73.5 Å². The Morgan fingerprint density at radius 1 is 0.962 bits per heavy atom. The zero-order chi connectivity index (χ0) is 18.4. The van der Waals surface area contributed by atoms with Gasteiger partial charge in [0.1, 0.15) is 5.82 Å². The molecule has 0 saturated heterocycles. The van der Waals surface area contributed by atoms with Gasteiger partial charge in [0, 0.05) is 5.92 Å². The molecule has 0 N–H and O–H groups in total. The van der Waals surface area contributed by atoms with Gasteiger partial charge in [-0.25, -0.2) is 4.39 Å². The molecule has 0 aliphatic heterocycles. The van der Waals surface area contributed by atoms with Crippen molar-refractivity contribution in [2.24, 2.45) is 17.8 Å². The highest BCUT2D eigenvalue weighted by Gasteiger charge is 2.24. The van der Waals surface area contributed by atoms with Crippen molar-refractivity contribution in [1.82, 2.24) is 0 Å². The Labute approximate surface area is 159 Å². The summed E-state index contributed by atoms with van der Waals surface area (Å²) in [5.74, 6) is 2.27. The highest BCUT2D eigenvalue weighted by Crippen LogP contribution is 2.37. The maximum Gasteiger partial charge on any atom is 0.126 e. The Balaban J connectivity index is 1.48. The molecule has 2 aliphatic rings. The third-order valence-electron chi connectivity index (χ3n) is 6.92. The predicted octanol–water partition coefficient (Wildman–Crippen LogP) is 7.16. The van der Waals surface area contributed by atoms with Crippen molar-refractivity contribution in [2.45, 2.75) is 89.9 Å². The molecule has 0 atom stereocenters. The summed E-state index contributed by atoms with van der Waals surface area (Å²) < 4.78 is 14.7. The van der Waals surface area contributed by atoms with Crippen LogP contribution in [0.1, 0.15) is 94.6 Å². The van der Waals surface area contributed by atoms with Crippen LogP contribution >= 0.6 is 0 Å². The molecule has 3 rings (SSSR count). The number of halogens is 1. The third kappa shape index (κ3) is 5.09. The van der Waals surface area contributed by atoms with E-state index in [2.05, 4.69) is 19.1 Å². The van der Waals surface area contributed by atoms with Gasteiger partial charge in [-0.15, -0.1) is 0 Å². The molecule has 2 heteroatoms. The molecule has 0 bridgehead atoms. The van der Waals surface area contributed by atoms with Crippen LogP contribution in [0.2, 0.25) is 0 Å². The SMILES string of the molecule is CCC[C@H]1CC[C@H](CCc2ccc([C@H]3CC[C@H](C#N)CC3)c(F)c2)CC1. The van der Waals surface area contributed by atoms with Crippen molar-refractivity contribution in [3.8, 4) is 6.07 Å². The number of nitriles is 1. The second-order valence-electron chi connectivity index (χ2n) is 8.75. The van der Waals surface area contributed by atoms with Crippen LogP contribution in [0.4, 0.5) is 4.39 Å². The minimum atomic E-state index is -0.0189. The lowest BCUT2D eigenvalue weighted by Crippen LogP contribution is -2.15. The Kier molecular flexibility index (Phi) is 7.12. The monoisotopic (exact) mass is 355 g/mol. The van der Waals surface area contributed by atoms with Crippen LogP contribution < -0.4 is 0 Å². The molecule has 2 fully saturated rings. The standard InChI is InChI=1S/C24H34FN/c1-2-3-18-4-6-19(7-5-18)8-9-20-12-15-23(24(25)16-20)22-13-10-21(17-26)11-14-22/h12,15-16,18-19,21-22H,2-11,13-14H2,1H3/t18-,19-,21-,22-. The van der Waals surface area contributed by atoms with Gasteiger partial charge >= 0.3 is 0 Å². The summed E-state index contributed by atoms with van der Waals surface area (Å²) >= 11 is 0. The second kappa shape index (κ2) is 9.54. The predicted molar refractivity (Wildman–Crippen MR) is 105 cm³/mol. The van der Waals surface area contributed by atoms with E-state index < -0.39 is 0 Å². The second-order valence-corrected chi connectivity index (χ2v) is 8.75. The van der Waals surface area contributed by atoms with E-state index in [0.29, 0.717) is 5.92 Å². The molecule has 0 radical (unpaired) electrons. The van der Waals surface area contributed by atoms with Crippen LogP contribution in [0.15, 0.2) is 18.2 Å². The summed E-state index contributed by atoms with van der Waals surface area (Å²) in [5, 5.41) is 9.02. The number of aryl methyl sites for hydroxylation is 1. The average Bonchev–Trinajstić information content (AvgIpc) is 2.68. The van der Waals surface area contributed by atoms with Crippen molar-refractivity contribution in [2.75, 3.05) is 0 Å². The highest BCUT2D eigenvalue weighted by molar-refractivity contribution is 5.28. The Bertz CT molecular complexity index is 601. The van der Waals surface area contributed by atoms with Crippen molar-refractivity contribution < 1.29 is 4.39 Å². The van der Waals surface area contributed by atoms with E-state index in [-0.39, 0.29) is 11.7 Å². The van der Waals surface area contributed by atoms with Gasteiger partial charge in [0.2, 0.25) is 0 Å². The van der Waals surface area contributed by atoms with Gasteiger partial charge in [0.05, 0.1) is 6.07 Å². The molecule has 1 aromatic carbocycles. The molecule has 0 unspecified atom stereocenters. The normalized spacial score (nSPS) is 29.3. The van der Waals surface area contributed by atoms with E-state index in [9.17, 15) is 4.39 Å². The van der Waals surface area contributed by atoms with Crippen LogP contribution in [0.5, 0.6) is 0 Å². The first-order chi connectivity index (χ1) is 12.7. The largest absolute Gasteiger partial charge is 0.207 e. The molecular weight excluding hydrogens is 321 g/mol. The topological polar surface area (TPSA) is 23.8 Å². The maximum atomic E-state index is 14.7. The van der Waals surface area contributed by atoms with Crippen LogP contribution in [0.25, 0.3) is 0 Å². The van der Waals surface area contributed by atoms with Gasteiger partial charge in [0.15, 0.2) is 0 Å². The third-order valence-corrected chi connectivity index (χ3v) is 6.92. The lowest BCUT2D eigenvalue weighted by molar-refractivity contribution is 0.252. The molecule has 2 aliphatic carbocycles. The fourth-order valence-electron chi connectivity index (χ4n) is 5.18. The minimum Gasteiger partial charge on any atom is -0.207 e. The van der Waals surface area contributed by atoms with Crippen LogP contribution in [0, 0.1) is 34.9 Å². The summed E-state index contributed by atoms with van der Waals surface area (Å²) in [7, 11) is 0. The van der Waals surface area contributed by atoms with Crippen LogP contribution in [-0.4, -0.2) is 0 Å². The molecular formula is C24H34FN. The van der Waals surface area contributed by atoms with Crippen molar-refractivity contribution in [1.29, 1.82) is 5.26 Å². The van der Waals surface area contributed by atoms with E-state index in [1.165, 1.54) is 44.9 Å². The average molecular weight is 356 g/mol. The van der Waals surface area contributed by atoms with Crippen LogP contribution in [-0.2, 0) is 6.42 Å². The molecule has 26 heavy (non-hydrogen) atoms. The summed E-state index contributed by atoms with van der Waals surface area (Å²) in [5.41, 5.74) is 2.04. The van der Waals surface area contributed by atoms with Gasteiger partial charge in [-0.3, -0.25) is 0 Å². The molecule has 0 aromatic heterocycles. The minimum absolute atomic E-state index is 0.0189. The molecule has 0 spiro atoms. The van der Waals surface area contributed by atoms with Gasteiger partial charge in [-0.1, -0.05) is 57.6 Å². The number of hydrogen-bond acceptors (Lipinski definition) is 1. The zero-order valence-corrected chi connectivity index (χ0v) is 16.4. The van der Waals surface area contributed by atoms with E-state index in [4.69, 9.17) is 5.26 Å². The summed E-state index contributed by atoms with van der Waals surface area (Å²) in [6.45, 7) is 2.29. The molecule has 1 aromatic rings. The first-order valence-corrected chi connectivity index (χ1v) is 10.9. The van der Waals surface area contributed by atoms with Crippen LogP contribution in [0.3, 0.4) is 0 Å². The Morgan fingerprint density at radius 2 is 1.62 bits per heavy atom. The Morgan fingerprint density at radius 3 is 2.19 bits per heavy atom. The van der Waals surface area contributed by atoms with E-state index in [1.807, 2.05) is 6.07 Å².